The molecule has 21 heavy (non-hydrogen) atoms. The largest absolute Gasteiger partial charge is 0.481 e. The Kier molecular flexibility index (Phi) is 6.37. The molecule has 1 N–H and O–H groups in total. The number of ketones is 1. The molecule has 0 bridgehead atoms. The van der Waals surface area contributed by atoms with Crippen LogP contribution in [0.25, 0.3) is 0 Å². The smallest absolute Gasteiger partial charge is 0.303 e. The maximum atomic E-state index is 12.3. The van der Waals surface area contributed by atoms with Gasteiger partial charge in [0.2, 0.25) is 5.78 Å². The highest BCUT2D eigenvalue weighted by Gasteiger charge is 2.36. The summed E-state index contributed by atoms with van der Waals surface area (Å²) in [6.07, 6.45) is 5.41. The predicted molar refractivity (Wildman–Crippen MR) is 79.9 cm³/mol. The maximum Gasteiger partial charge on any atom is 0.303 e. The first-order valence-electron chi connectivity index (χ1n) is 7.80. The fourth-order valence-corrected chi connectivity index (χ4v) is 2.69. The molecule has 0 aliphatic carbocycles. The first-order valence-corrected chi connectivity index (χ1v) is 7.80. The van der Waals surface area contributed by atoms with Gasteiger partial charge in [0.1, 0.15) is 0 Å². The Morgan fingerprint density at radius 1 is 1.14 bits per heavy atom. The first-order chi connectivity index (χ1) is 9.73. The molecule has 0 unspecified atom stereocenters. The predicted octanol–water partition coefficient (Wildman–Crippen LogP) is 2.63. The highest BCUT2D eigenvalue weighted by atomic mass is 16.4. The molecule has 0 aromatic carbocycles. The number of amides is 1. The lowest BCUT2D eigenvalue weighted by Gasteiger charge is -2.27. The number of carboxylic acids is 1. The summed E-state index contributed by atoms with van der Waals surface area (Å²) >= 11 is 0. The third-order valence-electron chi connectivity index (χ3n) is 3.94. The zero-order valence-electron chi connectivity index (χ0n) is 13.4. The van der Waals surface area contributed by atoms with Gasteiger partial charge in [-0.25, -0.2) is 0 Å². The normalized spacial score (nSPS) is 18.8. The van der Waals surface area contributed by atoms with E-state index in [9.17, 15) is 14.4 Å². The van der Waals surface area contributed by atoms with Gasteiger partial charge in [0.05, 0.1) is 0 Å². The minimum atomic E-state index is -0.761. The molecule has 0 aromatic rings. The van der Waals surface area contributed by atoms with Crippen molar-refractivity contribution in [3.63, 3.8) is 0 Å². The molecule has 1 saturated heterocycles. The zero-order chi connectivity index (χ0) is 16.0. The molecular weight excluding hydrogens is 270 g/mol. The molecule has 1 atom stereocenters. The SMILES string of the molecule is CC(C)(C)C(=O)C(=O)N1CCC[C@@H]1CCCCCC(=O)O. The standard InChI is InChI=1S/C16H27NO4/c1-16(2,3)14(20)15(21)17-11-7-9-12(17)8-5-4-6-10-13(18)19/h12H,4-11H2,1-3H3,(H,18,19)/t12-/m0/s1. The van der Waals surface area contributed by atoms with Crippen molar-refractivity contribution in [2.75, 3.05) is 6.54 Å². The quantitative estimate of drug-likeness (QED) is 0.579. The second-order valence-electron chi connectivity index (χ2n) is 6.87. The van der Waals surface area contributed by atoms with Crippen molar-refractivity contribution in [1.82, 2.24) is 4.90 Å². The third-order valence-corrected chi connectivity index (χ3v) is 3.94. The summed E-state index contributed by atoms with van der Waals surface area (Å²) in [7, 11) is 0. The monoisotopic (exact) mass is 297 g/mol. The van der Waals surface area contributed by atoms with Crippen LogP contribution >= 0.6 is 0 Å². The molecule has 5 nitrogen and oxygen atoms in total. The van der Waals surface area contributed by atoms with E-state index in [1.165, 1.54) is 0 Å². The number of carbonyl (C=O) groups is 3. The van der Waals surface area contributed by atoms with E-state index in [1.807, 2.05) is 0 Å². The van der Waals surface area contributed by atoms with Crippen LogP contribution in [0.1, 0.15) is 65.7 Å². The lowest BCUT2D eigenvalue weighted by molar-refractivity contribution is -0.149. The van der Waals surface area contributed by atoms with Crippen LogP contribution in [0.5, 0.6) is 0 Å². The number of nitrogens with zero attached hydrogens (tertiary/aromatic N) is 1. The van der Waals surface area contributed by atoms with Gasteiger partial charge < -0.3 is 10.0 Å². The van der Waals surface area contributed by atoms with Crippen molar-refractivity contribution in [3.05, 3.63) is 0 Å². The topological polar surface area (TPSA) is 74.7 Å². The number of likely N-dealkylation sites (tertiary alicyclic amines) is 1. The molecule has 0 spiro atoms. The van der Waals surface area contributed by atoms with Gasteiger partial charge in [-0.2, -0.15) is 0 Å². The molecule has 1 heterocycles. The van der Waals surface area contributed by atoms with E-state index in [0.717, 1.165) is 32.1 Å². The van der Waals surface area contributed by atoms with E-state index in [-0.39, 0.29) is 24.2 Å². The van der Waals surface area contributed by atoms with Crippen LogP contribution in [0.15, 0.2) is 0 Å². The number of Topliss-reactive ketones (excluding diaryl/α,β-unsaturated/α-hetero) is 1. The van der Waals surface area contributed by atoms with E-state index in [1.54, 1.807) is 25.7 Å². The van der Waals surface area contributed by atoms with Gasteiger partial charge in [-0.3, -0.25) is 14.4 Å². The van der Waals surface area contributed by atoms with Crippen LogP contribution in [-0.2, 0) is 14.4 Å². The summed E-state index contributed by atoms with van der Waals surface area (Å²) in [4.78, 5) is 36.5. The highest BCUT2D eigenvalue weighted by Crippen LogP contribution is 2.25. The molecule has 120 valence electrons. The van der Waals surface area contributed by atoms with Gasteiger partial charge in [-0.05, 0) is 25.7 Å². The minimum absolute atomic E-state index is 0.147. The fraction of sp³-hybridized carbons (Fsp3) is 0.812. The molecular formula is C16H27NO4. The fourth-order valence-electron chi connectivity index (χ4n) is 2.69. The van der Waals surface area contributed by atoms with Crippen molar-refractivity contribution in [1.29, 1.82) is 0 Å². The van der Waals surface area contributed by atoms with Crippen LogP contribution < -0.4 is 0 Å². The maximum absolute atomic E-state index is 12.3. The Morgan fingerprint density at radius 3 is 2.38 bits per heavy atom. The second kappa shape index (κ2) is 7.57. The number of hydrogen-bond acceptors (Lipinski definition) is 3. The van der Waals surface area contributed by atoms with E-state index >= 15 is 0 Å². The molecule has 1 aliphatic heterocycles. The third kappa shape index (κ3) is 5.48. The van der Waals surface area contributed by atoms with Gasteiger partial charge in [-0.1, -0.05) is 33.6 Å². The zero-order valence-corrected chi connectivity index (χ0v) is 13.4. The van der Waals surface area contributed by atoms with Crippen LogP contribution in [0.2, 0.25) is 0 Å². The summed E-state index contributed by atoms with van der Waals surface area (Å²) in [5.74, 6) is -1.43. The van der Waals surface area contributed by atoms with Crippen molar-refractivity contribution < 1.29 is 19.5 Å². The molecule has 0 aromatic heterocycles. The molecule has 1 rings (SSSR count). The molecule has 1 amide bonds. The van der Waals surface area contributed by atoms with E-state index in [2.05, 4.69) is 0 Å². The molecule has 5 heteroatoms. The van der Waals surface area contributed by atoms with Crippen LogP contribution in [0, 0.1) is 5.41 Å². The average Bonchev–Trinajstić information content (AvgIpc) is 2.83. The van der Waals surface area contributed by atoms with Crippen molar-refractivity contribution in [2.24, 2.45) is 5.41 Å². The Morgan fingerprint density at radius 2 is 1.81 bits per heavy atom. The molecule has 0 saturated carbocycles. The molecule has 1 fully saturated rings. The molecule has 1 aliphatic rings. The Balaban J connectivity index is 2.43. The Labute approximate surface area is 126 Å². The number of carbonyl (C=O) groups excluding carboxylic acids is 2. The number of hydrogen-bond donors (Lipinski definition) is 1. The van der Waals surface area contributed by atoms with Crippen LogP contribution in [-0.4, -0.2) is 40.3 Å². The van der Waals surface area contributed by atoms with E-state index in [0.29, 0.717) is 13.0 Å². The number of rotatable bonds is 7. The van der Waals surface area contributed by atoms with Crippen LogP contribution in [0.4, 0.5) is 0 Å². The van der Waals surface area contributed by atoms with Gasteiger partial charge >= 0.3 is 5.97 Å². The lowest BCUT2D eigenvalue weighted by atomic mass is 9.90. The summed E-state index contributed by atoms with van der Waals surface area (Å²) in [6.45, 7) is 5.97. The number of carboxylic acid groups (broad SMARTS) is 1. The number of unbranched alkanes of at least 4 members (excludes halogenated alkanes) is 2. The number of aliphatic carboxylic acids is 1. The van der Waals surface area contributed by atoms with Crippen molar-refractivity contribution >= 4 is 17.7 Å². The second-order valence-corrected chi connectivity index (χ2v) is 6.87. The van der Waals surface area contributed by atoms with Gasteiger partial charge in [0.25, 0.3) is 5.91 Å². The minimum Gasteiger partial charge on any atom is -0.481 e. The average molecular weight is 297 g/mol. The van der Waals surface area contributed by atoms with Crippen LogP contribution in [0.3, 0.4) is 0 Å². The van der Waals surface area contributed by atoms with Gasteiger partial charge in [0.15, 0.2) is 0 Å². The first kappa shape index (κ1) is 17.7. The van der Waals surface area contributed by atoms with E-state index < -0.39 is 11.4 Å². The Bertz CT molecular complexity index is 398. The summed E-state index contributed by atoms with van der Waals surface area (Å²) in [5.41, 5.74) is -0.633. The summed E-state index contributed by atoms with van der Waals surface area (Å²) < 4.78 is 0. The van der Waals surface area contributed by atoms with Gasteiger partial charge in [-0.15, -0.1) is 0 Å². The highest BCUT2D eigenvalue weighted by molar-refractivity contribution is 6.37. The summed E-state index contributed by atoms with van der Waals surface area (Å²) in [6, 6.07) is 0.147. The molecule has 0 radical (unpaired) electrons. The Hall–Kier alpha value is -1.39. The van der Waals surface area contributed by atoms with Crippen molar-refractivity contribution in [3.8, 4) is 0 Å². The van der Waals surface area contributed by atoms with Crippen molar-refractivity contribution in [2.45, 2.75) is 71.8 Å². The lowest BCUT2D eigenvalue weighted by Crippen LogP contribution is -2.44. The van der Waals surface area contributed by atoms with E-state index in [4.69, 9.17) is 5.11 Å². The van der Waals surface area contributed by atoms with Gasteiger partial charge in [0, 0.05) is 24.4 Å². The summed E-state index contributed by atoms with van der Waals surface area (Å²) in [5, 5.41) is 8.59.